The smallest absolute Gasteiger partial charge is 0.207 e. The van der Waals surface area contributed by atoms with Crippen LogP contribution < -0.4 is 9.64 Å². The fraction of sp³-hybridized carbons (Fsp3) is 0.238. The van der Waals surface area contributed by atoms with Gasteiger partial charge in [0, 0.05) is 6.54 Å². The average Bonchev–Trinajstić information content (AvgIpc) is 2.73. The number of phenols is 1. The first-order valence-corrected chi connectivity index (χ1v) is 9.01. The first kappa shape index (κ1) is 19.3. The van der Waals surface area contributed by atoms with E-state index in [4.69, 9.17) is 4.74 Å². The van der Waals surface area contributed by atoms with Crippen LogP contribution in [0.4, 0.5) is 27.6 Å². The standard InChI is InChI=1S/C21H16F5NO2/c22-16-17(23)19(25)21(20(26)18(16)24)29-13-6-3-7-27(10-13)14-8-11-4-1-2-5-12(11)9-15(14)28/h1-2,4-5,8-9,13,28H,3,6-7,10H2. The lowest BCUT2D eigenvalue weighted by molar-refractivity contribution is 0.158. The van der Waals surface area contributed by atoms with Crippen molar-refractivity contribution in [1.29, 1.82) is 0 Å². The highest BCUT2D eigenvalue weighted by Crippen LogP contribution is 2.35. The van der Waals surface area contributed by atoms with E-state index in [0.717, 1.165) is 10.8 Å². The molecule has 1 unspecified atom stereocenters. The zero-order chi connectivity index (χ0) is 20.7. The number of nitrogens with zero attached hydrogens (tertiary/aromatic N) is 1. The molecule has 1 heterocycles. The molecule has 29 heavy (non-hydrogen) atoms. The number of fused-ring (bicyclic) bond motifs is 1. The van der Waals surface area contributed by atoms with Crippen molar-refractivity contribution in [1.82, 2.24) is 0 Å². The van der Waals surface area contributed by atoms with Gasteiger partial charge in [-0.15, -0.1) is 0 Å². The molecule has 1 N–H and O–H groups in total. The molecule has 0 radical (unpaired) electrons. The van der Waals surface area contributed by atoms with Crippen molar-refractivity contribution in [3.8, 4) is 11.5 Å². The molecule has 0 amide bonds. The van der Waals surface area contributed by atoms with Crippen LogP contribution in [0.3, 0.4) is 0 Å². The molecule has 3 aromatic rings. The van der Waals surface area contributed by atoms with Crippen molar-refractivity contribution in [3.63, 3.8) is 0 Å². The molecule has 8 heteroatoms. The van der Waals surface area contributed by atoms with E-state index >= 15 is 0 Å². The third kappa shape index (κ3) is 3.43. The Labute approximate surface area is 162 Å². The maximum Gasteiger partial charge on any atom is 0.207 e. The molecule has 1 aliphatic rings. The monoisotopic (exact) mass is 409 g/mol. The lowest BCUT2D eigenvalue weighted by Crippen LogP contribution is -2.41. The van der Waals surface area contributed by atoms with Crippen LogP contribution in [0, 0.1) is 29.1 Å². The van der Waals surface area contributed by atoms with Gasteiger partial charge < -0.3 is 14.7 Å². The lowest BCUT2D eigenvalue weighted by Gasteiger charge is -2.35. The lowest BCUT2D eigenvalue weighted by atomic mass is 10.0. The molecule has 1 saturated heterocycles. The van der Waals surface area contributed by atoms with Crippen molar-refractivity contribution in [2.45, 2.75) is 18.9 Å². The van der Waals surface area contributed by atoms with Crippen LogP contribution in [0.25, 0.3) is 10.8 Å². The van der Waals surface area contributed by atoms with E-state index in [0.29, 0.717) is 25.1 Å². The van der Waals surface area contributed by atoms with E-state index in [1.165, 1.54) is 0 Å². The summed E-state index contributed by atoms with van der Waals surface area (Å²) in [6.45, 7) is 0.661. The normalized spacial score (nSPS) is 17.0. The van der Waals surface area contributed by atoms with Gasteiger partial charge in [0.1, 0.15) is 11.9 Å². The highest BCUT2D eigenvalue weighted by Gasteiger charge is 2.31. The summed E-state index contributed by atoms with van der Waals surface area (Å²) in [7, 11) is 0. The highest BCUT2D eigenvalue weighted by atomic mass is 19.2. The molecule has 1 aliphatic heterocycles. The number of ether oxygens (including phenoxy) is 1. The Morgan fingerprint density at radius 2 is 1.45 bits per heavy atom. The summed E-state index contributed by atoms with van der Waals surface area (Å²) < 4.78 is 73.1. The Balaban J connectivity index is 1.61. The first-order chi connectivity index (χ1) is 13.9. The third-order valence-electron chi connectivity index (χ3n) is 5.02. The summed E-state index contributed by atoms with van der Waals surface area (Å²) in [5, 5.41) is 12.1. The summed E-state index contributed by atoms with van der Waals surface area (Å²) in [6.07, 6.45) is 0.0966. The quantitative estimate of drug-likeness (QED) is 0.363. The van der Waals surface area contributed by atoms with Crippen LogP contribution in [-0.2, 0) is 0 Å². The van der Waals surface area contributed by atoms with Gasteiger partial charge in [-0.05, 0) is 35.7 Å². The zero-order valence-electron chi connectivity index (χ0n) is 15.1. The summed E-state index contributed by atoms with van der Waals surface area (Å²) in [5.74, 6) is -11.5. The summed E-state index contributed by atoms with van der Waals surface area (Å²) >= 11 is 0. The molecule has 3 aromatic carbocycles. The Morgan fingerprint density at radius 1 is 0.862 bits per heavy atom. The molecule has 0 spiro atoms. The van der Waals surface area contributed by atoms with Gasteiger partial charge in [0.25, 0.3) is 0 Å². The highest BCUT2D eigenvalue weighted by molar-refractivity contribution is 5.88. The first-order valence-electron chi connectivity index (χ1n) is 9.01. The second-order valence-corrected chi connectivity index (χ2v) is 6.92. The Morgan fingerprint density at radius 3 is 2.10 bits per heavy atom. The van der Waals surface area contributed by atoms with Gasteiger partial charge in [-0.25, -0.2) is 13.2 Å². The topological polar surface area (TPSA) is 32.7 Å². The van der Waals surface area contributed by atoms with E-state index in [1.54, 1.807) is 17.0 Å². The van der Waals surface area contributed by atoms with E-state index in [9.17, 15) is 27.1 Å². The second-order valence-electron chi connectivity index (χ2n) is 6.92. The summed E-state index contributed by atoms with van der Waals surface area (Å²) in [5.41, 5.74) is 0.509. The van der Waals surface area contributed by atoms with Crippen LogP contribution >= 0.6 is 0 Å². The van der Waals surface area contributed by atoms with Gasteiger partial charge in [0.2, 0.25) is 29.1 Å². The maximum absolute atomic E-state index is 13.9. The summed E-state index contributed by atoms with van der Waals surface area (Å²) in [6, 6.07) is 10.8. The molecule has 1 atom stereocenters. The molecule has 0 bridgehead atoms. The Bertz CT molecular complexity index is 1060. The SMILES string of the molecule is Oc1cc2ccccc2cc1N1CCCC(Oc2c(F)c(F)c(F)c(F)c2F)C1. The van der Waals surface area contributed by atoms with Gasteiger partial charge in [0.15, 0.2) is 5.75 Å². The largest absolute Gasteiger partial charge is 0.506 e. The molecule has 152 valence electrons. The van der Waals surface area contributed by atoms with Crippen molar-refractivity contribution < 1.29 is 31.8 Å². The van der Waals surface area contributed by atoms with Crippen LogP contribution in [0.15, 0.2) is 36.4 Å². The van der Waals surface area contributed by atoms with Gasteiger partial charge in [-0.3, -0.25) is 0 Å². The van der Waals surface area contributed by atoms with Crippen molar-refractivity contribution in [2.24, 2.45) is 0 Å². The number of rotatable bonds is 3. The van der Waals surface area contributed by atoms with E-state index in [-0.39, 0.29) is 12.3 Å². The number of anilines is 1. The van der Waals surface area contributed by atoms with Crippen molar-refractivity contribution in [3.05, 3.63) is 65.5 Å². The molecule has 1 fully saturated rings. The Hall–Kier alpha value is -3.03. The number of benzene rings is 3. The minimum Gasteiger partial charge on any atom is -0.506 e. The second kappa shape index (κ2) is 7.42. The van der Waals surface area contributed by atoms with Gasteiger partial charge in [-0.2, -0.15) is 8.78 Å². The van der Waals surface area contributed by atoms with E-state index < -0.39 is 40.9 Å². The number of piperidine rings is 1. The van der Waals surface area contributed by atoms with Crippen molar-refractivity contribution in [2.75, 3.05) is 18.0 Å². The van der Waals surface area contributed by atoms with E-state index in [2.05, 4.69) is 0 Å². The minimum atomic E-state index is -2.22. The molecular weight excluding hydrogens is 393 g/mol. The Kier molecular flexibility index (Phi) is 4.94. The third-order valence-corrected chi connectivity index (χ3v) is 5.02. The molecule has 3 nitrogen and oxygen atoms in total. The number of phenolic OH excluding ortho intramolecular Hbond substituents is 1. The van der Waals surface area contributed by atoms with Gasteiger partial charge in [-0.1, -0.05) is 24.3 Å². The number of hydrogen-bond donors (Lipinski definition) is 1. The fourth-order valence-corrected chi connectivity index (χ4v) is 3.58. The van der Waals surface area contributed by atoms with Gasteiger partial charge in [0.05, 0.1) is 12.2 Å². The summed E-state index contributed by atoms with van der Waals surface area (Å²) in [4.78, 5) is 1.77. The zero-order valence-corrected chi connectivity index (χ0v) is 15.1. The number of aromatic hydroxyl groups is 1. The van der Waals surface area contributed by atoms with Crippen LogP contribution in [0.1, 0.15) is 12.8 Å². The van der Waals surface area contributed by atoms with Crippen LogP contribution in [0.5, 0.6) is 11.5 Å². The molecular formula is C21H16F5NO2. The van der Waals surface area contributed by atoms with Crippen LogP contribution in [-0.4, -0.2) is 24.3 Å². The fourth-order valence-electron chi connectivity index (χ4n) is 3.58. The predicted octanol–water partition coefficient (Wildman–Crippen LogP) is 5.29. The molecule has 0 aliphatic carbocycles. The predicted molar refractivity (Wildman–Crippen MR) is 97.7 cm³/mol. The number of hydrogen-bond acceptors (Lipinski definition) is 3. The number of halogens is 5. The molecule has 0 aromatic heterocycles. The molecule has 4 rings (SSSR count). The minimum absolute atomic E-state index is 0.0283. The molecule has 0 saturated carbocycles. The van der Waals surface area contributed by atoms with Crippen LogP contribution in [0.2, 0.25) is 0 Å². The van der Waals surface area contributed by atoms with E-state index in [1.807, 2.05) is 24.3 Å². The van der Waals surface area contributed by atoms with Gasteiger partial charge >= 0.3 is 0 Å². The maximum atomic E-state index is 13.9. The van der Waals surface area contributed by atoms with Crippen molar-refractivity contribution >= 4 is 16.5 Å². The average molecular weight is 409 g/mol.